The summed E-state index contributed by atoms with van der Waals surface area (Å²) >= 11 is 9.36. The number of oxazole rings is 1. The van der Waals surface area contributed by atoms with E-state index in [1.54, 1.807) is 19.1 Å². The van der Waals surface area contributed by atoms with Gasteiger partial charge in [0.1, 0.15) is 6.26 Å². The number of ether oxygens (including phenoxy) is 1. The van der Waals surface area contributed by atoms with Gasteiger partial charge in [-0.3, -0.25) is 0 Å². The summed E-state index contributed by atoms with van der Waals surface area (Å²) in [5.41, 5.74) is 0.726. The Hall–Kier alpha value is -1.53. The minimum Gasteiger partial charge on any atom is -0.461 e. The molecule has 0 aliphatic heterocycles. The Kier molecular flexibility index (Phi) is 4.44. The second-order valence-corrected chi connectivity index (χ2v) is 4.83. The monoisotopic (exact) mass is 344 g/mol. The molecule has 1 N–H and O–H groups in total. The first-order chi connectivity index (χ1) is 9.10. The first-order valence-corrected chi connectivity index (χ1v) is 6.62. The highest BCUT2D eigenvalue weighted by Crippen LogP contribution is 2.28. The van der Waals surface area contributed by atoms with Crippen molar-refractivity contribution in [2.45, 2.75) is 6.92 Å². The minimum atomic E-state index is -0.528. The molecule has 0 aliphatic rings. The summed E-state index contributed by atoms with van der Waals surface area (Å²) in [6.45, 7) is 2.00. The van der Waals surface area contributed by atoms with Gasteiger partial charge in [-0.05, 0) is 25.1 Å². The van der Waals surface area contributed by atoms with E-state index in [9.17, 15) is 4.79 Å². The van der Waals surface area contributed by atoms with Crippen LogP contribution in [0.25, 0.3) is 0 Å². The predicted molar refractivity (Wildman–Crippen MR) is 74.9 cm³/mol. The van der Waals surface area contributed by atoms with Crippen LogP contribution in [0.4, 0.5) is 11.7 Å². The van der Waals surface area contributed by atoms with Crippen molar-refractivity contribution in [2.24, 2.45) is 0 Å². The highest BCUT2D eigenvalue weighted by atomic mass is 79.9. The molecular weight excluding hydrogens is 336 g/mol. The zero-order chi connectivity index (χ0) is 13.8. The number of nitrogens with zero attached hydrogens (tertiary/aromatic N) is 1. The van der Waals surface area contributed by atoms with Crippen molar-refractivity contribution < 1.29 is 13.9 Å². The number of nitrogens with one attached hydrogen (secondary N) is 1. The van der Waals surface area contributed by atoms with Gasteiger partial charge in [0.05, 0.1) is 17.3 Å². The van der Waals surface area contributed by atoms with Crippen LogP contribution < -0.4 is 5.32 Å². The zero-order valence-electron chi connectivity index (χ0n) is 9.94. The van der Waals surface area contributed by atoms with Crippen LogP contribution in [0.3, 0.4) is 0 Å². The van der Waals surface area contributed by atoms with E-state index in [0.717, 1.165) is 4.47 Å². The van der Waals surface area contributed by atoms with E-state index < -0.39 is 5.97 Å². The Bertz CT molecular complexity index is 600. The van der Waals surface area contributed by atoms with E-state index >= 15 is 0 Å². The molecule has 0 saturated carbocycles. The van der Waals surface area contributed by atoms with E-state index in [-0.39, 0.29) is 18.3 Å². The molecule has 1 heterocycles. The van der Waals surface area contributed by atoms with Gasteiger partial charge in [-0.1, -0.05) is 27.5 Å². The fourth-order valence-electron chi connectivity index (χ4n) is 1.34. The molecule has 0 atom stereocenters. The summed E-state index contributed by atoms with van der Waals surface area (Å²) in [7, 11) is 0. The third kappa shape index (κ3) is 3.48. The molecule has 0 amide bonds. The SMILES string of the molecule is CCOC(=O)c1coc(Nc2cc(Br)ccc2Cl)n1. The number of halogens is 2. The van der Waals surface area contributed by atoms with Crippen molar-refractivity contribution in [1.82, 2.24) is 4.98 Å². The molecule has 19 heavy (non-hydrogen) atoms. The summed E-state index contributed by atoms with van der Waals surface area (Å²) < 4.78 is 10.8. The van der Waals surface area contributed by atoms with E-state index in [0.29, 0.717) is 10.7 Å². The lowest BCUT2D eigenvalue weighted by Gasteiger charge is -2.04. The Morgan fingerprint density at radius 3 is 3.11 bits per heavy atom. The fraction of sp³-hybridized carbons (Fsp3) is 0.167. The standard InChI is InChI=1S/C12H10BrClN2O3/c1-2-18-11(17)10-6-19-12(16-10)15-9-5-7(13)3-4-8(9)14/h3-6H,2H2,1H3,(H,15,16). The molecule has 1 aromatic heterocycles. The number of anilines is 2. The second kappa shape index (κ2) is 6.08. The summed E-state index contributed by atoms with van der Waals surface area (Å²) in [4.78, 5) is 15.4. The lowest BCUT2D eigenvalue weighted by Crippen LogP contribution is -2.05. The molecule has 0 radical (unpaired) electrons. The van der Waals surface area contributed by atoms with Gasteiger partial charge in [0, 0.05) is 4.47 Å². The average molecular weight is 346 g/mol. The Morgan fingerprint density at radius 2 is 2.37 bits per heavy atom. The van der Waals surface area contributed by atoms with Crippen molar-refractivity contribution in [2.75, 3.05) is 11.9 Å². The topological polar surface area (TPSA) is 64.4 Å². The number of carbonyl (C=O) groups excluding carboxylic acids is 1. The summed E-state index contributed by atoms with van der Waals surface area (Å²) in [6, 6.07) is 5.48. The van der Waals surface area contributed by atoms with Gasteiger partial charge in [0.2, 0.25) is 0 Å². The molecule has 5 nitrogen and oxygen atoms in total. The van der Waals surface area contributed by atoms with Crippen LogP contribution >= 0.6 is 27.5 Å². The maximum Gasteiger partial charge on any atom is 0.360 e. The molecule has 0 spiro atoms. The molecule has 2 rings (SSSR count). The van der Waals surface area contributed by atoms with Gasteiger partial charge in [-0.25, -0.2) is 4.79 Å². The molecule has 100 valence electrons. The Balaban J connectivity index is 2.15. The van der Waals surface area contributed by atoms with Crippen LogP contribution in [-0.4, -0.2) is 17.6 Å². The fourth-order valence-corrected chi connectivity index (χ4v) is 1.86. The Morgan fingerprint density at radius 1 is 1.58 bits per heavy atom. The molecule has 0 bridgehead atoms. The van der Waals surface area contributed by atoms with Crippen LogP contribution in [0.15, 0.2) is 33.4 Å². The highest BCUT2D eigenvalue weighted by molar-refractivity contribution is 9.10. The third-order valence-corrected chi connectivity index (χ3v) is 2.98. The molecular formula is C12H10BrClN2O3. The van der Waals surface area contributed by atoms with Crippen LogP contribution in [0.2, 0.25) is 5.02 Å². The van der Waals surface area contributed by atoms with E-state index in [1.807, 2.05) is 6.07 Å². The maximum absolute atomic E-state index is 11.4. The summed E-state index contributed by atoms with van der Waals surface area (Å²) in [5, 5.41) is 3.40. The molecule has 0 saturated heterocycles. The van der Waals surface area contributed by atoms with Crippen molar-refractivity contribution in [3.63, 3.8) is 0 Å². The predicted octanol–water partition coefficient (Wildman–Crippen LogP) is 4.01. The van der Waals surface area contributed by atoms with Crippen molar-refractivity contribution in [1.29, 1.82) is 0 Å². The number of carbonyl (C=O) groups is 1. The largest absolute Gasteiger partial charge is 0.461 e. The van der Waals surface area contributed by atoms with Crippen molar-refractivity contribution in [3.05, 3.63) is 39.7 Å². The summed E-state index contributed by atoms with van der Waals surface area (Å²) in [6.07, 6.45) is 1.23. The van der Waals surface area contributed by atoms with Crippen molar-refractivity contribution in [3.8, 4) is 0 Å². The molecule has 0 aliphatic carbocycles. The number of rotatable bonds is 4. The van der Waals surface area contributed by atoms with Crippen LogP contribution in [0.1, 0.15) is 17.4 Å². The summed E-state index contributed by atoms with van der Waals surface area (Å²) in [5.74, 6) is -0.528. The van der Waals surface area contributed by atoms with E-state index in [1.165, 1.54) is 6.26 Å². The lowest BCUT2D eigenvalue weighted by atomic mass is 10.3. The second-order valence-electron chi connectivity index (χ2n) is 3.51. The lowest BCUT2D eigenvalue weighted by molar-refractivity contribution is 0.0519. The molecule has 0 unspecified atom stereocenters. The quantitative estimate of drug-likeness (QED) is 0.848. The number of esters is 1. The molecule has 0 fully saturated rings. The highest BCUT2D eigenvalue weighted by Gasteiger charge is 2.13. The normalized spacial score (nSPS) is 10.3. The van der Waals surface area contributed by atoms with Crippen LogP contribution in [0.5, 0.6) is 0 Å². The molecule has 2 aromatic rings. The van der Waals surface area contributed by atoms with Crippen LogP contribution in [0, 0.1) is 0 Å². The maximum atomic E-state index is 11.4. The van der Waals surface area contributed by atoms with E-state index in [2.05, 4.69) is 26.2 Å². The Labute approximate surface area is 123 Å². The smallest absolute Gasteiger partial charge is 0.360 e. The minimum absolute atomic E-state index is 0.107. The van der Waals surface area contributed by atoms with Crippen molar-refractivity contribution >= 4 is 45.2 Å². The first kappa shape index (κ1) is 13.9. The van der Waals surface area contributed by atoms with Gasteiger partial charge < -0.3 is 14.5 Å². The number of aromatic nitrogens is 1. The molecule has 7 heteroatoms. The first-order valence-electron chi connectivity index (χ1n) is 5.45. The number of hydrogen-bond acceptors (Lipinski definition) is 5. The molecule has 1 aromatic carbocycles. The number of hydrogen-bond donors (Lipinski definition) is 1. The zero-order valence-corrected chi connectivity index (χ0v) is 12.3. The van der Waals surface area contributed by atoms with Gasteiger partial charge >= 0.3 is 5.97 Å². The van der Waals surface area contributed by atoms with Crippen LogP contribution in [-0.2, 0) is 4.74 Å². The van der Waals surface area contributed by atoms with E-state index in [4.69, 9.17) is 20.8 Å². The average Bonchev–Trinajstić information content (AvgIpc) is 2.83. The van der Waals surface area contributed by atoms with Gasteiger partial charge in [0.25, 0.3) is 6.01 Å². The third-order valence-electron chi connectivity index (χ3n) is 2.16. The number of benzene rings is 1. The van der Waals surface area contributed by atoms with Gasteiger partial charge in [-0.15, -0.1) is 0 Å². The van der Waals surface area contributed by atoms with Gasteiger partial charge in [-0.2, -0.15) is 4.98 Å². The van der Waals surface area contributed by atoms with Gasteiger partial charge in [0.15, 0.2) is 5.69 Å².